The van der Waals surface area contributed by atoms with E-state index >= 15 is 0 Å². The molecule has 5 nitrogen and oxygen atoms in total. The first-order valence-electron chi connectivity index (χ1n) is 4.86. The number of esters is 1. The van der Waals surface area contributed by atoms with E-state index < -0.39 is 12.3 Å². The van der Waals surface area contributed by atoms with Gasteiger partial charge in [-0.15, -0.1) is 0 Å². The Labute approximate surface area is 93.2 Å². The average molecular weight is 226 g/mol. The molecule has 5 heteroatoms. The molecule has 0 amide bonds. The van der Waals surface area contributed by atoms with Gasteiger partial charge in [-0.05, 0) is 12.1 Å². The molecule has 2 N–H and O–H groups in total. The second kappa shape index (κ2) is 6.95. The topological polar surface area (TPSA) is 76.0 Å². The summed E-state index contributed by atoms with van der Waals surface area (Å²) >= 11 is 0. The van der Waals surface area contributed by atoms with Crippen LogP contribution in [0.2, 0.25) is 0 Å². The molecule has 1 aromatic rings. The molecule has 0 heterocycles. The molecule has 0 aliphatic rings. The lowest BCUT2D eigenvalue weighted by molar-refractivity contribution is -0.108. The molecule has 88 valence electrons. The van der Waals surface area contributed by atoms with E-state index in [1.165, 1.54) is 0 Å². The van der Waals surface area contributed by atoms with Gasteiger partial charge in [-0.3, -0.25) is 0 Å². The summed E-state index contributed by atoms with van der Waals surface area (Å²) < 4.78 is 9.50. The van der Waals surface area contributed by atoms with Gasteiger partial charge in [-0.1, -0.05) is 18.2 Å². The number of ether oxygens (including phenoxy) is 2. The highest BCUT2D eigenvalue weighted by Crippen LogP contribution is 2.02. The predicted octanol–water partition coefficient (Wildman–Crippen LogP) is 0.171. The van der Waals surface area contributed by atoms with Crippen LogP contribution < -0.4 is 0 Å². The minimum Gasteiger partial charge on any atom is -0.430 e. The fourth-order valence-corrected chi connectivity index (χ4v) is 1.05. The highest BCUT2D eigenvalue weighted by Gasteiger charge is 2.12. The average Bonchev–Trinajstić information content (AvgIpc) is 2.30. The zero-order chi connectivity index (χ0) is 11.8. The quantitative estimate of drug-likeness (QED) is 0.411. The molecule has 0 aliphatic carbocycles. The Bertz CT molecular complexity index is 311. The van der Waals surface area contributed by atoms with Crippen molar-refractivity contribution in [3.63, 3.8) is 0 Å². The lowest BCUT2D eigenvalue weighted by Gasteiger charge is -2.11. The van der Waals surface area contributed by atoms with E-state index in [0.717, 1.165) is 0 Å². The first kappa shape index (κ1) is 12.6. The molecule has 0 aliphatic heterocycles. The Morgan fingerprint density at radius 3 is 2.62 bits per heavy atom. The number of aliphatic hydroxyl groups excluding tert-OH is 2. The van der Waals surface area contributed by atoms with Crippen molar-refractivity contribution in [2.45, 2.75) is 6.29 Å². The summed E-state index contributed by atoms with van der Waals surface area (Å²) in [5, 5.41) is 17.7. The number of aliphatic hydroxyl groups is 2. The minimum absolute atomic E-state index is 0.0972. The van der Waals surface area contributed by atoms with Crippen LogP contribution in [0.5, 0.6) is 0 Å². The van der Waals surface area contributed by atoms with Gasteiger partial charge in [0, 0.05) is 0 Å². The molecule has 1 rings (SSSR count). The number of hydrogen-bond donors (Lipinski definition) is 2. The summed E-state index contributed by atoms with van der Waals surface area (Å²) in [6.07, 6.45) is -1.32. The summed E-state index contributed by atoms with van der Waals surface area (Å²) in [7, 11) is 0. The number of carbonyl (C=O) groups is 1. The largest absolute Gasteiger partial charge is 0.430 e. The van der Waals surface area contributed by atoms with Gasteiger partial charge in [0.25, 0.3) is 0 Å². The molecular weight excluding hydrogens is 212 g/mol. The fraction of sp³-hybridized carbons (Fsp3) is 0.364. The molecule has 0 radical (unpaired) electrons. The second-order valence-electron chi connectivity index (χ2n) is 3.02. The van der Waals surface area contributed by atoms with Crippen molar-refractivity contribution in [1.29, 1.82) is 0 Å². The number of rotatable bonds is 6. The van der Waals surface area contributed by atoms with Crippen LogP contribution in [-0.2, 0) is 9.47 Å². The third-order valence-electron chi connectivity index (χ3n) is 1.75. The summed E-state index contributed by atoms with van der Waals surface area (Å²) in [6, 6.07) is 8.35. The molecule has 0 bridgehead atoms. The van der Waals surface area contributed by atoms with Gasteiger partial charge < -0.3 is 19.7 Å². The van der Waals surface area contributed by atoms with Gasteiger partial charge in [-0.25, -0.2) is 4.79 Å². The van der Waals surface area contributed by atoms with Crippen molar-refractivity contribution in [2.24, 2.45) is 0 Å². The molecule has 1 atom stereocenters. The van der Waals surface area contributed by atoms with Gasteiger partial charge in [0.05, 0.1) is 18.8 Å². The van der Waals surface area contributed by atoms with Gasteiger partial charge in [0.2, 0.25) is 6.29 Å². The van der Waals surface area contributed by atoms with E-state index in [-0.39, 0.29) is 19.8 Å². The van der Waals surface area contributed by atoms with Crippen molar-refractivity contribution >= 4 is 5.97 Å². The summed E-state index contributed by atoms with van der Waals surface area (Å²) in [4.78, 5) is 11.4. The zero-order valence-electron chi connectivity index (χ0n) is 8.70. The number of hydrogen-bond acceptors (Lipinski definition) is 5. The van der Waals surface area contributed by atoms with E-state index in [1.807, 2.05) is 0 Å². The van der Waals surface area contributed by atoms with Crippen LogP contribution >= 0.6 is 0 Å². The van der Waals surface area contributed by atoms with E-state index in [9.17, 15) is 9.90 Å². The Kier molecular flexibility index (Phi) is 5.49. The van der Waals surface area contributed by atoms with E-state index in [0.29, 0.717) is 5.56 Å². The van der Waals surface area contributed by atoms with Crippen LogP contribution in [0.3, 0.4) is 0 Å². The summed E-state index contributed by atoms with van der Waals surface area (Å²) in [5.74, 6) is -0.610. The summed E-state index contributed by atoms with van der Waals surface area (Å²) in [5.41, 5.74) is 0.365. The predicted molar refractivity (Wildman–Crippen MR) is 55.8 cm³/mol. The number of benzene rings is 1. The van der Waals surface area contributed by atoms with Crippen molar-refractivity contribution < 1.29 is 24.5 Å². The Hall–Kier alpha value is -1.43. The molecule has 16 heavy (non-hydrogen) atoms. The van der Waals surface area contributed by atoms with E-state index in [2.05, 4.69) is 0 Å². The minimum atomic E-state index is -1.32. The Morgan fingerprint density at radius 2 is 2.00 bits per heavy atom. The molecule has 0 aromatic heterocycles. The van der Waals surface area contributed by atoms with Gasteiger partial charge in [0.15, 0.2) is 0 Å². The smallest absolute Gasteiger partial charge is 0.340 e. The SMILES string of the molecule is O=C(OC(O)COCCO)c1ccccc1. The lowest BCUT2D eigenvalue weighted by atomic mass is 10.2. The Morgan fingerprint density at radius 1 is 1.31 bits per heavy atom. The Balaban J connectivity index is 2.34. The lowest BCUT2D eigenvalue weighted by Crippen LogP contribution is -2.23. The maximum atomic E-state index is 11.4. The second-order valence-corrected chi connectivity index (χ2v) is 3.02. The molecule has 0 saturated heterocycles. The van der Waals surface area contributed by atoms with Crippen LogP contribution in [-0.4, -0.2) is 42.3 Å². The molecule has 1 unspecified atom stereocenters. The highest BCUT2D eigenvalue weighted by molar-refractivity contribution is 5.89. The molecular formula is C11H14O5. The molecule has 0 spiro atoms. The van der Waals surface area contributed by atoms with Gasteiger partial charge in [-0.2, -0.15) is 0 Å². The van der Waals surface area contributed by atoms with Gasteiger partial charge in [0.1, 0.15) is 6.61 Å². The third-order valence-corrected chi connectivity index (χ3v) is 1.75. The van der Waals surface area contributed by atoms with Crippen LogP contribution in [0.4, 0.5) is 0 Å². The van der Waals surface area contributed by atoms with Crippen LogP contribution in [0, 0.1) is 0 Å². The molecule has 0 fully saturated rings. The summed E-state index contributed by atoms with van der Waals surface area (Å²) in [6.45, 7) is -0.196. The van der Waals surface area contributed by atoms with Gasteiger partial charge >= 0.3 is 5.97 Å². The van der Waals surface area contributed by atoms with Crippen molar-refractivity contribution in [3.8, 4) is 0 Å². The number of carbonyl (C=O) groups excluding carboxylic acids is 1. The van der Waals surface area contributed by atoms with E-state index in [1.54, 1.807) is 30.3 Å². The monoisotopic (exact) mass is 226 g/mol. The van der Waals surface area contributed by atoms with Crippen molar-refractivity contribution in [2.75, 3.05) is 19.8 Å². The maximum Gasteiger partial charge on any atom is 0.340 e. The standard InChI is InChI=1S/C11H14O5/c12-6-7-15-8-10(13)16-11(14)9-4-2-1-3-5-9/h1-5,10,12-13H,6-8H2. The van der Waals surface area contributed by atoms with Crippen LogP contribution in [0.15, 0.2) is 30.3 Å². The highest BCUT2D eigenvalue weighted by atomic mass is 16.7. The maximum absolute atomic E-state index is 11.4. The van der Waals surface area contributed by atoms with Crippen molar-refractivity contribution in [1.82, 2.24) is 0 Å². The van der Waals surface area contributed by atoms with Crippen LogP contribution in [0.1, 0.15) is 10.4 Å². The van der Waals surface area contributed by atoms with Crippen LogP contribution in [0.25, 0.3) is 0 Å². The zero-order valence-corrected chi connectivity index (χ0v) is 8.70. The first-order chi connectivity index (χ1) is 7.74. The third kappa shape index (κ3) is 4.39. The van der Waals surface area contributed by atoms with E-state index in [4.69, 9.17) is 14.6 Å². The molecule has 1 aromatic carbocycles. The first-order valence-corrected chi connectivity index (χ1v) is 4.86. The fourth-order valence-electron chi connectivity index (χ4n) is 1.05. The van der Waals surface area contributed by atoms with Crippen molar-refractivity contribution in [3.05, 3.63) is 35.9 Å². The normalized spacial score (nSPS) is 12.1. The molecule has 0 saturated carbocycles.